The summed E-state index contributed by atoms with van der Waals surface area (Å²) >= 11 is 0. The minimum atomic E-state index is 0.260. The number of carbonyl (C=O) groups excluding carboxylic acids is 1. The van der Waals surface area contributed by atoms with Gasteiger partial charge in [0, 0.05) is 12.3 Å². The molecule has 1 rings (SSSR count). The van der Waals surface area contributed by atoms with E-state index in [1.807, 2.05) is 0 Å². The Morgan fingerprint density at radius 1 is 1.31 bits per heavy atom. The molecule has 0 heterocycles. The van der Waals surface area contributed by atoms with Crippen LogP contribution in [0.25, 0.3) is 0 Å². The minimum absolute atomic E-state index is 0.260. The Balaban J connectivity index is 2.46. The van der Waals surface area contributed by atoms with Crippen LogP contribution in [0.1, 0.15) is 66.7 Å². The number of ketones is 1. The van der Waals surface area contributed by atoms with Gasteiger partial charge in [-0.1, -0.05) is 47.5 Å². The van der Waals surface area contributed by atoms with E-state index in [9.17, 15) is 4.79 Å². The second kappa shape index (κ2) is 5.33. The number of hydrogen-bond donors (Lipinski definition) is 0. The van der Waals surface area contributed by atoms with E-state index in [0.717, 1.165) is 25.2 Å². The lowest BCUT2D eigenvalue weighted by molar-refractivity contribution is -0.125. The summed E-state index contributed by atoms with van der Waals surface area (Å²) in [5, 5.41) is 0. The largest absolute Gasteiger partial charge is 0.299 e. The first kappa shape index (κ1) is 13.7. The summed E-state index contributed by atoms with van der Waals surface area (Å²) < 4.78 is 0. The highest BCUT2D eigenvalue weighted by molar-refractivity contribution is 5.81. The van der Waals surface area contributed by atoms with Crippen LogP contribution in [0.5, 0.6) is 0 Å². The first-order valence-electron chi connectivity index (χ1n) is 6.83. The van der Waals surface area contributed by atoms with E-state index in [2.05, 4.69) is 34.6 Å². The molecule has 0 aromatic rings. The molecule has 1 saturated carbocycles. The number of hydrogen-bond acceptors (Lipinski definition) is 1. The van der Waals surface area contributed by atoms with Gasteiger partial charge in [0.05, 0.1) is 0 Å². The van der Waals surface area contributed by atoms with Crippen LogP contribution in [0.2, 0.25) is 0 Å². The van der Waals surface area contributed by atoms with Crippen molar-refractivity contribution in [2.24, 2.45) is 23.2 Å². The van der Waals surface area contributed by atoms with E-state index in [4.69, 9.17) is 0 Å². The maximum Gasteiger partial charge on any atom is 0.136 e. The zero-order valence-electron chi connectivity index (χ0n) is 11.7. The average Bonchev–Trinajstić information content (AvgIpc) is 2.16. The van der Waals surface area contributed by atoms with Crippen molar-refractivity contribution in [3.63, 3.8) is 0 Å². The Kier molecular flexibility index (Phi) is 4.58. The highest BCUT2D eigenvalue weighted by atomic mass is 16.1. The average molecular weight is 224 g/mol. The summed E-state index contributed by atoms with van der Waals surface area (Å²) in [7, 11) is 0. The van der Waals surface area contributed by atoms with Gasteiger partial charge < -0.3 is 0 Å². The Bertz CT molecular complexity index is 236. The lowest BCUT2D eigenvalue weighted by Crippen LogP contribution is -2.27. The maximum atomic E-state index is 12.2. The predicted molar refractivity (Wildman–Crippen MR) is 69.4 cm³/mol. The fraction of sp³-hybridized carbons (Fsp3) is 0.933. The highest BCUT2D eigenvalue weighted by Crippen LogP contribution is 2.34. The highest BCUT2D eigenvalue weighted by Gasteiger charge is 2.29. The van der Waals surface area contributed by atoms with Crippen LogP contribution in [0.3, 0.4) is 0 Å². The van der Waals surface area contributed by atoms with Crippen molar-refractivity contribution in [2.45, 2.75) is 66.7 Å². The van der Waals surface area contributed by atoms with Gasteiger partial charge in [-0.3, -0.25) is 4.79 Å². The topological polar surface area (TPSA) is 17.1 Å². The molecule has 0 bridgehead atoms. The summed E-state index contributed by atoms with van der Waals surface area (Å²) in [6.07, 6.45) is 5.62. The van der Waals surface area contributed by atoms with Crippen molar-refractivity contribution in [1.82, 2.24) is 0 Å². The number of carbonyl (C=O) groups is 1. The van der Waals surface area contributed by atoms with Crippen LogP contribution in [-0.2, 0) is 4.79 Å². The molecule has 1 aliphatic rings. The molecule has 0 N–H and O–H groups in total. The van der Waals surface area contributed by atoms with Crippen LogP contribution < -0.4 is 0 Å². The van der Waals surface area contributed by atoms with Gasteiger partial charge in [0.15, 0.2) is 0 Å². The van der Waals surface area contributed by atoms with Crippen LogP contribution in [0, 0.1) is 23.2 Å². The third-order valence-electron chi connectivity index (χ3n) is 4.38. The fourth-order valence-corrected chi connectivity index (χ4v) is 2.50. The molecule has 0 radical (unpaired) electrons. The molecule has 3 atom stereocenters. The van der Waals surface area contributed by atoms with Crippen molar-refractivity contribution in [2.75, 3.05) is 0 Å². The summed E-state index contributed by atoms with van der Waals surface area (Å²) in [5.74, 6) is 2.15. The molecule has 1 nitrogen and oxygen atoms in total. The first-order valence-corrected chi connectivity index (χ1v) is 6.83. The van der Waals surface area contributed by atoms with Crippen molar-refractivity contribution < 1.29 is 4.79 Å². The van der Waals surface area contributed by atoms with Gasteiger partial charge in [-0.25, -0.2) is 0 Å². The standard InChI is InChI=1S/C15H28O/c1-11-7-6-8-13(9-11)14(16)10-12(2)15(3,4)5/h11-13H,6-10H2,1-5H3. The summed E-state index contributed by atoms with van der Waals surface area (Å²) in [6.45, 7) is 11.2. The van der Waals surface area contributed by atoms with E-state index < -0.39 is 0 Å². The van der Waals surface area contributed by atoms with Gasteiger partial charge in [0.25, 0.3) is 0 Å². The molecule has 0 spiro atoms. The molecule has 16 heavy (non-hydrogen) atoms. The molecule has 94 valence electrons. The Morgan fingerprint density at radius 2 is 1.94 bits per heavy atom. The zero-order chi connectivity index (χ0) is 12.3. The molecule has 0 amide bonds. The van der Waals surface area contributed by atoms with Crippen LogP contribution in [-0.4, -0.2) is 5.78 Å². The molecule has 0 aromatic carbocycles. The quantitative estimate of drug-likeness (QED) is 0.692. The molecule has 1 aliphatic carbocycles. The second-order valence-electron chi connectivity index (χ2n) is 6.91. The fourth-order valence-electron chi connectivity index (χ4n) is 2.50. The van der Waals surface area contributed by atoms with Gasteiger partial charge >= 0.3 is 0 Å². The smallest absolute Gasteiger partial charge is 0.136 e. The number of rotatable bonds is 3. The number of Topliss-reactive ketones (excluding diaryl/α,β-unsaturated/α-hetero) is 1. The maximum absolute atomic E-state index is 12.2. The molecule has 0 aromatic heterocycles. The first-order chi connectivity index (χ1) is 7.30. The van der Waals surface area contributed by atoms with Gasteiger partial charge in [-0.15, -0.1) is 0 Å². The van der Waals surface area contributed by atoms with Crippen molar-refractivity contribution in [3.8, 4) is 0 Å². The third-order valence-corrected chi connectivity index (χ3v) is 4.38. The lowest BCUT2D eigenvalue weighted by Gasteiger charge is -2.30. The summed E-state index contributed by atoms with van der Waals surface area (Å²) in [5.41, 5.74) is 0.260. The van der Waals surface area contributed by atoms with Crippen LogP contribution in [0.15, 0.2) is 0 Å². The lowest BCUT2D eigenvalue weighted by atomic mass is 9.74. The normalized spacial score (nSPS) is 28.8. The molecule has 1 heteroatoms. The monoisotopic (exact) mass is 224 g/mol. The summed E-state index contributed by atoms with van der Waals surface area (Å²) in [4.78, 5) is 12.2. The Morgan fingerprint density at radius 3 is 2.44 bits per heavy atom. The van der Waals surface area contributed by atoms with E-state index in [1.165, 1.54) is 12.8 Å². The zero-order valence-corrected chi connectivity index (χ0v) is 11.7. The van der Waals surface area contributed by atoms with E-state index in [1.54, 1.807) is 0 Å². The molecule has 0 saturated heterocycles. The summed E-state index contributed by atoms with van der Waals surface area (Å²) in [6, 6.07) is 0. The van der Waals surface area contributed by atoms with E-state index in [-0.39, 0.29) is 5.41 Å². The van der Waals surface area contributed by atoms with Crippen molar-refractivity contribution in [3.05, 3.63) is 0 Å². The minimum Gasteiger partial charge on any atom is -0.299 e. The van der Waals surface area contributed by atoms with Crippen molar-refractivity contribution >= 4 is 5.78 Å². The van der Waals surface area contributed by atoms with Crippen LogP contribution >= 0.6 is 0 Å². The Hall–Kier alpha value is -0.330. The van der Waals surface area contributed by atoms with E-state index >= 15 is 0 Å². The van der Waals surface area contributed by atoms with Gasteiger partial charge in [0.1, 0.15) is 5.78 Å². The second-order valence-corrected chi connectivity index (χ2v) is 6.91. The van der Waals surface area contributed by atoms with Crippen molar-refractivity contribution in [1.29, 1.82) is 0 Å². The molecule has 0 aliphatic heterocycles. The third kappa shape index (κ3) is 3.92. The van der Waals surface area contributed by atoms with Gasteiger partial charge in [-0.05, 0) is 30.1 Å². The SMILES string of the molecule is CC1CCCC(C(=O)CC(C)C(C)(C)C)C1. The van der Waals surface area contributed by atoms with Crippen LogP contribution in [0.4, 0.5) is 0 Å². The molecule has 3 unspecified atom stereocenters. The Labute approximate surface area is 101 Å². The predicted octanol–water partition coefficient (Wildman–Crippen LogP) is 4.45. The van der Waals surface area contributed by atoms with E-state index in [0.29, 0.717) is 17.6 Å². The molecular formula is C15H28O. The van der Waals surface area contributed by atoms with Gasteiger partial charge in [-0.2, -0.15) is 0 Å². The molecular weight excluding hydrogens is 196 g/mol. The van der Waals surface area contributed by atoms with Gasteiger partial charge in [0.2, 0.25) is 0 Å². The molecule has 1 fully saturated rings.